The van der Waals surface area contributed by atoms with Crippen LogP contribution >= 0.6 is 0 Å². The van der Waals surface area contributed by atoms with Crippen molar-refractivity contribution in [2.45, 2.75) is 73.2 Å². The highest BCUT2D eigenvalue weighted by Gasteiger charge is 2.43. The van der Waals surface area contributed by atoms with Gasteiger partial charge in [-0.3, -0.25) is 4.79 Å². The van der Waals surface area contributed by atoms with Crippen LogP contribution in [0.2, 0.25) is 0 Å². The summed E-state index contributed by atoms with van der Waals surface area (Å²) < 4.78 is 58.3. The van der Waals surface area contributed by atoms with E-state index in [2.05, 4.69) is 9.44 Å². The summed E-state index contributed by atoms with van der Waals surface area (Å²) in [4.78, 5) is 13.5. The first-order chi connectivity index (χ1) is 17.2. The summed E-state index contributed by atoms with van der Waals surface area (Å²) in [6.07, 6.45) is 8.45. The Hall–Kier alpha value is -2.07. The van der Waals surface area contributed by atoms with E-state index in [4.69, 9.17) is 0 Å². The molecule has 5 aliphatic rings. The molecule has 4 fully saturated rings. The van der Waals surface area contributed by atoms with Crippen molar-refractivity contribution in [3.63, 3.8) is 0 Å². The third-order valence-electron chi connectivity index (χ3n) is 9.47. The van der Waals surface area contributed by atoms with Crippen LogP contribution in [-0.4, -0.2) is 34.7 Å². The van der Waals surface area contributed by atoms with Crippen molar-refractivity contribution < 1.29 is 21.6 Å². The Kier molecular flexibility index (Phi) is 5.10. The van der Waals surface area contributed by atoms with E-state index in [9.17, 15) is 21.6 Å². The topological polar surface area (TPSA) is 109 Å². The molecular formula is C27H30N2O5S2. The summed E-state index contributed by atoms with van der Waals surface area (Å²) >= 11 is 0. The second kappa shape index (κ2) is 7.96. The minimum atomic E-state index is -3.76. The van der Waals surface area contributed by atoms with Crippen LogP contribution in [0.4, 0.5) is 0 Å². The zero-order valence-electron chi connectivity index (χ0n) is 19.9. The standard InChI is InChI=1S/C27H30N2O5S2/c30-27-23-13-19(35(31,32)28-25-11-15-1-3-17(25)9-15)5-7-21(23)22-8-6-20(14-24(22)27)36(33,34)29-26-12-16-2-4-18(26)10-16/h5-8,13-18,25-26,28-29H,1-4,9-12H2/t15-,16?,17+,18?,25+,26-/m0/s1. The van der Waals surface area contributed by atoms with E-state index in [1.165, 1.54) is 37.1 Å². The van der Waals surface area contributed by atoms with Gasteiger partial charge < -0.3 is 0 Å². The summed E-state index contributed by atoms with van der Waals surface area (Å²) in [5, 5.41) is 0. The number of ketones is 1. The minimum Gasteiger partial charge on any atom is -0.289 e. The zero-order valence-corrected chi connectivity index (χ0v) is 21.6. The Labute approximate surface area is 212 Å². The third-order valence-corrected chi connectivity index (χ3v) is 12.4. The molecule has 7 nitrogen and oxygen atoms in total. The van der Waals surface area contributed by atoms with Gasteiger partial charge in [0, 0.05) is 23.2 Å². The maximum absolute atomic E-state index is 13.3. The smallest absolute Gasteiger partial charge is 0.240 e. The molecule has 4 saturated carbocycles. The molecule has 0 heterocycles. The molecule has 2 aromatic rings. The highest BCUT2D eigenvalue weighted by Crippen LogP contribution is 2.46. The third kappa shape index (κ3) is 3.61. The maximum atomic E-state index is 13.3. The number of hydrogen-bond acceptors (Lipinski definition) is 5. The molecule has 2 N–H and O–H groups in total. The number of sulfonamides is 2. The van der Waals surface area contributed by atoms with Gasteiger partial charge in [0.25, 0.3) is 0 Å². The van der Waals surface area contributed by atoms with Gasteiger partial charge >= 0.3 is 0 Å². The molecule has 0 aliphatic heterocycles. The summed E-state index contributed by atoms with van der Waals surface area (Å²) in [5.41, 5.74) is 1.88. The fourth-order valence-electron chi connectivity index (χ4n) is 7.68. The quantitative estimate of drug-likeness (QED) is 0.507. The first kappa shape index (κ1) is 23.1. The average Bonchev–Trinajstić information content (AvgIpc) is 3.67. The molecule has 190 valence electrons. The van der Waals surface area contributed by atoms with E-state index < -0.39 is 20.0 Å². The Bertz CT molecular complexity index is 1390. The highest BCUT2D eigenvalue weighted by atomic mass is 32.2. The molecule has 2 unspecified atom stereocenters. The molecule has 36 heavy (non-hydrogen) atoms. The van der Waals surface area contributed by atoms with E-state index in [-0.39, 0.29) is 27.7 Å². The van der Waals surface area contributed by atoms with E-state index in [0.29, 0.717) is 45.9 Å². The van der Waals surface area contributed by atoms with Gasteiger partial charge in [0.05, 0.1) is 9.79 Å². The summed E-state index contributed by atoms with van der Waals surface area (Å²) in [6, 6.07) is 9.21. The fraction of sp³-hybridized carbons (Fsp3) is 0.519. The van der Waals surface area contributed by atoms with Crippen molar-refractivity contribution in [3.05, 3.63) is 47.5 Å². The molecule has 6 atom stereocenters. The van der Waals surface area contributed by atoms with E-state index in [0.717, 1.165) is 38.5 Å². The van der Waals surface area contributed by atoms with Crippen LogP contribution < -0.4 is 9.44 Å². The molecule has 0 radical (unpaired) electrons. The molecule has 4 bridgehead atoms. The van der Waals surface area contributed by atoms with Gasteiger partial charge in [-0.25, -0.2) is 26.3 Å². The van der Waals surface area contributed by atoms with Gasteiger partial charge in [-0.05, 0) is 97.6 Å². The molecule has 0 saturated heterocycles. The molecule has 0 aromatic heterocycles. The Balaban J connectivity index is 1.15. The number of rotatable bonds is 6. The lowest BCUT2D eigenvalue weighted by molar-refractivity contribution is 0.104. The molecular weight excluding hydrogens is 496 g/mol. The van der Waals surface area contributed by atoms with Crippen molar-refractivity contribution in [3.8, 4) is 11.1 Å². The van der Waals surface area contributed by atoms with Crippen LogP contribution in [0.25, 0.3) is 11.1 Å². The Morgan fingerprint density at radius 1 is 0.583 bits per heavy atom. The maximum Gasteiger partial charge on any atom is 0.240 e. The van der Waals surface area contributed by atoms with E-state index >= 15 is 0 Å². The first-order valence-electron chi connectivity index (χ1n) is 13.1. The molecule has 0 spiro atoms. The molecule has 5 aliphatic carbocycles. The van der Waals surface area contributed by atoms with Gasteiger partial charge in [-0.2, -0.15) is 0 Å². The normalized spacial score (nSPS) is 32.3. The van der Waals surface area contributed by atoms with Crippen LogP contribution in [-0.2, 0) is 20.0 Å². The van der Waals surface area contributed by atoms with Crippen LogP contribution in [0.15, 0.2) is 46.2 Å². The van der Waals surface area contributed by atoms with Gasteiger partial charge in [-0.1, -0.05) is 25.0 Å². The summed E-state index contributed by atoms with van der Waals surface area (Å²) in [6.45, 7) is 0. The largest absolute Gasteiger partial charge is 0.289 e. The SMILES string of the molecule is O=C1c2cc(S(=O)(=O)N[C@H]3CC4CCC3C4)ccc2-c2ccc(S(=O)(=O)N[C@@H]3C[C@H]4CC[C@@H]3C4)cc21. The first-order valence-corrected chi connectivity index (χ1v) is 16.0. The van der Waals surface area contributed by atoms with Crippen molar-refractivity contribution >= 4 is 25.8 Å². The predicted octanol–water partition coefficient (Wildman–Crippen LogP) is 3.83. The number of carbonyl (C=O) groups excluding carboxylic acids is 1. The fourth-order valence-corrected chi connectivity index (χ4v) is 10.4. The van der Waals surface area contributed by atoms with Crippen LogP contribution in [0.3, 0.4) is 0 Å². The lowest BCUT2D eigenvalue weighted by Crippen LogP contribution is -2.38. The zero-order chi connectivity index (χ0) is 24.8. The minimum absolute atomic E-state index is 0.0368. The average molecular weight is 527 g/mol. The number of nitrogens with one attached hydrogen (secondary N) is 2. The van der Waals surface area contributed by atoms with Crippen molar-refractivity contribution in [2.24, 2.45) is 23.7 Å². The second-order valence-electron chi connectivity index (χ2n) is 11.5. The molecule has 7 rings (SSSR count). The summed E-state index contributed by atoms with van der Waals surface area (Å²) in [5.74, 6) is 1.69. The van der Waals surface area contributed by atoms with Gasteiger partial charge in [-0.15, -0.1) is 0 Å². The predicted molar refractivity (Wildman–Crippen MR) is 134 cm³/mol. The molecule has 2 aromatic carbocycles. The van der Waals surface area contributed by atoms with Crippen LogP contribution in [0, 0.1) is 23.7 Å². The van der Waals surface area contributed by atoms with Crippen molar-refractivity contribution in [1.29, 1.82) is 0 Å². The molecule has 0 amide bonds. The lowest BCUT2D eigenvalue weighted by atomic mass is 9.96. The van der Waals surface area contributed by atoms with Gasteiger partial charge in [0.15, 0.2) is 5.78 Å². The molecule has 9 heteroatoms. The summed E-state index contributed by atoms with van der Waals surface area (Å²) in [7, 11) is -7.51. The van der Waals surface area contributed by atoms with Gasteiger partial charge in [0.1, 0.15) is 0 Å². The second-order valence-corrected chi connectivity index (χ2v) is 15.0. The Morgan fingerprint density at radius 2 is 1.03 bits per heavy atom. The monoisotopic (exact) mass is 526 g/mol. The highest BCUT2D eigenvalue weighted by molar-refractivity contribution is 7.89. The van der Waals surface area contributed by atoms with E-state index in [1.54, 1.807) is 12.1 Å². The number of hydrogen-bond donors (Lipinski definition) is 2. The van der Waals surface area contributed by atoms with Crippen molar-refractivity contribution in [1.82, 2.24) is 9.44 Å². The van der Waals surface area contributed by atoms with Gasteiger partial charge in [0.2, 0.25) is 20.0 Å². The van der Waals surface area contributed by atoms with Crippen LogP contribution in [0.1, 0.15) is 67.3 Å². The number of carbonyl (C=O) groups is 1. The van der Waals surface area contributed by atoms with E-state index in [1.807, 2.05) is 0 Å². The lowest BCUT2D eigenvalue weighted by Gasteiger charge is -2.22. The Morgan fingerprint density at radius 3 is 1.39 bits per heavy atom. The van der Waals surface area contributed by atoms with Crippen LogP contribution in [0.5, 0.6) is 0 Å². The van der Waals surface area contributed by atoms with Crippen molar-refractivity contribution in [2.75, 3.05) is 0 Å². The number of benzene rings is 2. The number of fused-ring (bicyclic) bond motifs is 7.